The molecular weight excluding hydrogens is 394 g/mol. The molecule has 7 heteroatoms. The number of para-hydroxylation sites is 2. The van der Waals surface area contributed by atoms with Crippen molar-refractivity contribution in [2.24, 2.45) is 5.92 Å². The van der Waals surface area contributed by atoms with Crippen molar-refractivity contribution in [2.45, 2.75) is 26.3 Å². The third-order valence-electron chi connectivity index (χ3n) is 5.63. The number of benzene rings is 2. The first-order valence-corrected chi connectivity index (χ1v) is 10.6. The average Bonchev–Trinajstić information content (AvgIpc) is 3.15. The fourth-order valence-corrected chi connectivity index (χ4v) is 4.19. The summed E-state index contributed by atoms with van der Waals surface area (Å²) < 4.78 is 12.5. The Labute approximate surface area is 181 Å². The van der Waals surface area contributed by atoms with Gasteiger partial charge in [0.2, 0.25) is 11.9 Å². The van der Waals surface area contributed by atoms with Crippen LogP contribution in [0.3, 0.4) is 0 Å². The van der Waals surface area contributed by atoms with E-state index in [1.807, 2.05) is 60.0 Å². The second-order valence-electron chi connectivity index (χ2n) is 7.69. The first-order valence-electron chi connectivity index (χ1n) is 10.6. The minimum atomic E-state index is -0.990. The second-order valence-corrected chi connectivity index (χ2v) is 7.69. The Morgan fingerprint density at radius 1 is 1.13 bits per heavy atom. The number of hydrogen-bond donors (Lipinski definition) is 0. The average molecular weight is 421 g/mol. The van der Waals surface area contributed by atoms with Crippen molar-refractivity contribution in [2.75, 3.05) is 31.8 Å². The summed E-state index contributed by atoms with van der Waals surface area (Å²) >= 11 is 0. The van der Waals surface area contributed by atoms with Gasteiger partial charge in [-0.2, -0.15) is 0 Å². The van der Waals surface area contributed by atoms with E-state index in [1.54, 1.807) is 18.9 Å². The summed E-state index contributed by atoms with van der Waals surface area (Å²) in [6.07, 6.45) is 0.635. The van der Waals surface area contributed by atoms with Crippen LogP contribution >= 0.6 is 0 Å². The summed E-state index contributed by atoms with van der Waals surface area (Å²) in [5.74, 6) is -1.25. The number of rotatable bonds is 7. The molecule has 1 amide bonds. The molecule has 0 fully saturated rings. The van der Waals surface area contributed by atoms with E-state index < -0.39 is 17.9 Å². The lowest BCUT2D eigenvalue weighted by atomic mass is 9.89. The molecule has 0 saturated heterocycles. The summed E-state index contributed by atoms with van der Waals surface area (Å²) in [7, 11) is 1.63. The van der Waals surface area contributed by atoms with Crippen LogP contribution in [0.5, 0.6) is 0 Å². The number of carbonyl (C=O) groups is 2. The molecule has 2 atom stereocenters. The minimum Gasteiger partial charge on any atom is -0.465 e. The van der Waals surface area contributed by atoms with Crippen molar-refractivity contribution < 1.29 is 19.1 Å². The van der Waals surface area contributed by atoms with Crippen LogP contribution in [-0.2, 0) is 19.1 Å². The zero-order valence-electron chi connectivity index (χ0n) is 18.1. The van der Waals surface area contributed by atoms with Crippen LogP contribution in [0.1, 0.15) is 30.5 Å². The van der Waals surface area contributed by atoms with Gasteiger partial charge in [-0.1, -0.05) is 42.0 Å². The first kappa shape index (κ1) is 21.1. The number of hydrogen-bond acceptors (Lipinski definition) is 5. The van der Waals surface area contributed by atoms with Crippen molar-refractivity contribution in [1.29, 1.82) is 0 Å². The number of methoxy groups -OCH3 is 1. The fraction of sp³-hybridized carbons (Fsp3) is 0.375. The highest BCUT2D eigenvalue weighted by Crippen LogP contribution is 2.41. The Hall–Kier alpha value is -3.19. The van der Waals surface area contributed by atoms with Crippen LogP contribution in [0.2, 0.25) is 0 Å². The standard InChI is InChI=1S/C24H27N3O4/c1-4-31-23(29)20-21(17-12-10-16(2)11-13-17)27-19-9-6-5-8-18(19)25-24(27)26(22(20)28)14-7-15-30-3/h5-6,8-13,20-21H,4,7,14-15H2,1-3H3. The molecule has 2 unspecified atom stereocenters. The number of imidazole rings is 1. The van der Waals surface area contributed by atoms with Gasteiger partial charge < -0.3 is 14.0 Å². The summed E-state index contributed by atoms with van der Waals surface area (Å²) in [5.41, 5.74) is 3.64. The fourth-order valence-electron chi connectivity index (χ4n) is 4.19. The third kappa shape index (κ3) is 3.81. The van der Waals surface area contributed by atoms with E-state index in [9.17, 15) is 9.59 Å². The molecule has 0 aliphatic carbocycles. The quantitative estimate of drug-likeness (QED) is 0.332. The predicted octanol–water partition coefficient (Wildman–Crippen LogP) is 3.50. The molecule has 1 aromatic heterocycles. The SMILES string of the molecule is CCOC(=O)C1C(=O)N(CCCOC)c2nc3ccccc3n2C1c1ccc(C)cc1. The van der Waals surface area contributed by atoms with Crippen molar-refractivity contribution in [1.82, 2.24) is 9.55 Å². The third-order valence-corrected chi connectivity index (χ3v) is 5.63. The Bertz CT molecular complexity index is 1090. The van der Waals surface area contributed by atoms with Crippen LogP contribution in [0.15, 0.2) is 48.5 Å². The maximum absolute atomic E-state index is 13.7. The molecule has 2 aromatic carbocycles. The molecule has 3 aromatic rings. The van der Waals surface area contributed by atoms with Gasteiger partial charge >= 0.3 is 5.97 Å². The number of amides is 1. The number of ether oxygens (including phenoxy) is 2. The van der Waals surface area contributed by atoms with E-state index in [0.29, 0.717) is 25.5 Å². The molecular formula is C24H27N3O4. The molecule has 1 aliphatic rings. The lowest BCUT2D eigenvalue weighted by molar-refractivity contribution is -0.153. The van der Waals surface area contributed by atoms with Crippen molar-refractivity contribution >= 4 is 28.9 Å². The number of aromatic nitrogens is 2. The van der Waals surface area contributed by atoms with Crippen LogP contribution in [-0.4, -0.2) is 48.3 Å². The smallest absolute Gasteiger partial charge is 0.321 e. The predicted molar refractivity (Wildman–Crippen MR) is 118 cm³/mol. The maximum atomic E-state index is 13.7. The van der Waals surface area contributed by atoms with Crippen LogP contribution in [0, 0.1) is 12.8 Å². The zero-order chi connectivity index (χ0) is 22.0. The molecule has 2 heterocycles. The summed E-state index contributed by atoms with van der Waals surface area (Å²) in [6.45, 7) is 4.89. The van der Waals surface area contributed by atoms with Gasteiger partial charge in [0, 0.05) is 20.3 Å². The van der Waals surface area contributed by atoms with E-state index in [1.165, 1.54) is 0 Å². The van der Waals surface area contributed by atoms with Gasteiger partial charge in [-0.15, -0.1) is 0 Å². The van der Waals surface area contributed by atoms with E-state index >= 15 is 0 Å². The molecule has 0 radical (unpaired) electrons. The minimum absolute atomic E-state index is 0.213. The number of aryl methyl sites for hydroxylation is 1. The zero-order valence-corrected chi connectivity index (χ0v) is 18.1. The van der Waals surface area contributed by atoms with E-state index in [-0.39, 0.29) is 12.5 Å². The van der Waals surface area contributed by atoms with Crippen LogP contribution < -0.4 is 4.90 Å². The summed E-state index contributed by atoms with van der Waals surface area (Å²) in [4.78, 5) is 33.1. The van der Waals surface area contributed by atoms with Gasteiger partial charge in [0.25, 0.3) is 0 Å². The number of carbonyl (C=O) groups excluding carboxylic acids is 2. The van der Waals surface area contributed by atoms with E-state index in [2.05, 4.69) is 0 Å². The Morgan fingerprint density at radius 3 is 2.58 bits per heavy atom. The lowest BCUT2D eigenvalue weighted by Gasteiger charge is -2.38. The van der Waals surface area contributed by atoms with Crippen molar-refractivity contribution in [3.05, 3.63) is 59.7 Å². The normalized spacial score (nSPS) is 18.3. The second kappa shape index (κ2) is 8.89. The van der Waals surface area contributed by atoms with E-state index in [4.69, 9.17) is 14.5 Å². The van der Waals surface area contributed by atoms with Crippen molar-refractivity contribution in [3.63, 3.8) is 0 Å². The Balaban J connectivity index is 1.93. The molecule has 0 saturated carbocycles. The summed E-state index contributed by atoms with van der Waals surface area (Å²) in [5, 5.41) is 0. The Morgan fingerprint density at radius 2 is 1.87 bits per heavy atom. The molecule has 162 valence electrons. The Kier molecular flexibility index (Phi) is 6.04. The summed E-state index contributed by atoms with van der Waals surface area (Å²) in [6, 6.07) is 15.1. The monoisotopic (exact) mass is 421 g/mol. The number of fused-ring (bicyclic) bond motifs is 3. The van der Waals surface area contributed by atoms with Crippen molar-refractivity contribution in [3.8, 4) is 0 Å². The number of anilines is 1. The molecule has 7 nitrogen and oxygen atoms in total. The van der Waals surface area contributed by atoms with E-state index in [0.717, 1.165) is 22.2 Å². The topological polar surface area (TPSA) is 73.7 Å². The molecule has 0 bridgehead atoms. The van der Waals surface area contributed by atoms with Gasteiger partial charge in [-0.3, -0.25) is 14.5 Å². The van der Waals surface area contributed by atoms with Gasteiger partial charge in [-0.25, -0.2) is 4.98 Å². The number of esters is 1. The van der Waals surface area contributed by atoms with Gasteiger partial charge in [-0.05, 0) is 38.0 Å². The maximum Gasteiger partial charge on any atom is 0.321 e. The van der Waals surface area contributed by atoms with Gasteiger partial charge in [0.05, 0.1) is 23.7 Å². The van der Waals surface area contributed by atoms with Crippen LogP contribution in [0.4, 0.5) is 5.95 Å². The highest BCUT2D eigenvalue weighted by atomic mass is 16.5. The lowest BCUT2D eigenvalue weighted by Crippen LogP contribution is -2.50. The highest BCUT2D eigenvalue weighted by molar-refractivity contribution is 6.08. The van der Waals surface area contributed by atoms with Gasteiger partial charge in [0.1, 0.15) is 0 Å². The molecule has 4 rings (SSSR count). The highest BCUT2D eigenvalue weighted by Gasteiger charge is 2.47. The van der Waals surface area contributed by atoms with Gasteiger partial charge in [0.15, 0.2) is 5.92 Å². The molecule has 1 aliphatic heterocycles. The largest absolute Gasteiger partial charge is 0.465 e. The molecule has 31 heavy (non-hydrogen) atoms. The van der Waals surface area contributed by atoms with Crippen LogP contribution in [0.25, 0.3) is 11.0 Å². The first-order chi connectivity index (χ1) is 15.1. The number of nitrogens with zero attached hydrogens (tertiary/aromatic N) is 3. The molecule has 0 N–H and O–H groups in total. The molecule has 0 spiro atoms.